The van der Waals surface area contributed by atoms with Crippen molar-refractivity contribution >= 4 is 18.3 Å². The van der Waals surface area contributed by atoms with Gasteiger partial charge >= 0.3 is 7.12 Å². The Morgan fingerprint density at radius 1 is 1.29 bits per heavy atom. The van der Waals surface area contributed by atoms with Crippen LogP contribution in [0.5, 0.6) is 0 Å². The smallest absolute Gasteiger partial charge is 0.423 e. The number of hydrogen-bond acceptors (Lipinski definition) is 4. The van der Waals surface area contributed by atoms with Crippen LogP contribution >= 0.6 is 0 Å². The van der Waals surface area contributed by atoms with E-state index in [1.165, 1.54) is 17.1 Å². The van der Waals surface area contributed by atoms with E-state index in [2.05, 4.69) is 5.29 Å². The number of halogens is 1. The first-order valence-electron chi connectivity index (χ1n) is 6.45. The van der Waals surface area contributed by atoms with Crippen molar-refractivity contribution in [2.45, 2.75) is 13.2 Å². The molecule has 0 spiro atoms. The number of hydrogen-bond donors (Lipinski definition) is 1. The highest BCUT2D eigenvalue weighted by Crippen LogP contribution is 2.20. The molecule has 0 aromatic heterocycles. The van der Waals surface area contributed by atoms with E-state index in [1.54, 1.807) is 30.3 Å². The molecule has 1 N–H and O–H groups in total. The molecule has 0 saturated heterocycles. The average Bonchev–Trinajstić information content (AvgIpc) is 2.88. The third kappa shape index (κ3) is 2.79. The maximum absolute atomic E-state index is 12.9. The van der Waals surface area contributed by atoms with Gasteiger partial charge in [0.25, 0.3) is 0 Å². The Kier molecular flexibility index (Phi) is 3.68. The van der Waals surface area contributed by atoms with Gasteiger partial charge in [0.15, 0.2) is 0 Å². The van der Waals surface area contributed by atoms with Crippen molar-refractivity contribution in [1.82, 2.24) is 0 Å². The molecular weight excluding hydrogens is 274 g/mol. The predicted octanol–water partition coefficient (Wildman–Crippen LogP) is 1.73. The molecule has 1 heterocycles. The summed E-state index contributed by atoms with van der Waals surface area (Å²) in [6, 6.07) is 11.1. The summed E-state index contributed by atoms with van der Waals surface area (Å²) in [6.07, 6.45) is 0. The highest BCUT2D eigenvalue weighted by atomic mass is 19.1. The van der Waals surface area contributed by atoms with Gasteiger partial charge < -0.3 is 9.68 Å². The lowest BCUT2D eigenvalue weighted by atomic mass is 9.79. The molecule has 0 radical (unpaired) electrons. The largest absolute Gasteiger partial charge is 0.491 e. The van der Waals surface area contributed by atoms with Crippen molar-refractivity contribution in [1.29, 1.82) is 0 Å². The lowest BCUT2D eigenvalue weighted by molar-refractivity contribution is 0.275. The van der Waals surface area contributed by atoms with E-state index in [4.69, 9.17) is 4.65 Å². The van der Waals surface area contributed by atoms with E-state index in [-0.39, 0.29) is 12.4 Å². The van der Waals surface area contributed by atoms with Crippen LogP contribution in [0.1, 0.15) is 11.1 Å². The van der Waals surface area contributed by atoms with E-state index < -0.39 is 7.12 Å². The Labute approximate surface area is 121 Å². The van der Waals surface area contributed by atoms with E-state index in [0.717, 1.165) is 11.1 Å². The van der Waals surface area contributed by atoms with Crippen LogP contribution in [0.15, 0.2) is 47.8 Å². The quantitative estimate of drug-likeness (QED) is 0.528. The standard InChI is InChI=1S/C14H12BFN2O3/c16-12-4-1-10(2-5-12)8-18(17-20)13-6-3-11-9-21-15(19)14(11)7-13/h1-7,19H,8-9H2. The van der Waals surface area contributed by atoms with Crippen molar-refractivity contribution in [3.63, 3.8) is 0 Å². The number of fused-ring (bicyclic) bond motifs is 1. The zero-order chi connectivity index (χ0) is 14.8. The second kappa shape index (κ2) is 5.63. The van der Waals surface area contributed by atoms with Crippen molar-refractivity contribution in [2.75, 3.05) is 5.01 Å². The third-order valence-electron chi connectivity index (χ3n) is 3.43. The van der Waals surface area contributed by atoms with E-state index in [0.29, 0.717) is 17.8 Å². The monoisotopic (exact) mass is 286 g/mol. The SMILES string of the molecule is O=NN(Cc1ccc(F)cc1)c1ccc2c(c1)B(O)OC2. The van der Waals surface area contributed by atoms with Crippen molar-refractivity contribution in [3.05, 3.63) is 64.3 Å². The van der Waals surface area contributed by atoms with Crippen LogP contribution in [-0.2, 0) is 17.8 Å². The van der Waals surface area contributed by atoms with Crippen molar-refractivity contribution < 1.29 is 14.1 Å². The summed E-state index contributed by atoms with van der Waals surface area (Å²) in [5.74, 6) is -0.331. The molecule has 2 aromatic rings. The van der Waals surface area contributed by atoms with Gasteiger partial charge in [0.1, 0.15) is 5.82 Å². The molecule has 3 rings (SSSR count). The average molecular weight is 286 g/mol. The first-order chi connectivity index (χ1) is 10.2. The molecule has 0 atom stereocenters. The summed E-state index contributed by atoms with van der Waals surface area (Å²) in [7, 11) is -0.973. The Morgan fingerprint density at radius 3 is 2.76 bits per heavy atom. The van der Waals surface area contributed by atoms with Crippen molar-refractivity contribution in [2.24, 2.45) is 5.29 Å². The van der Waals surface area contributed by atoms with Gasteiger partial charge in [-0.2, -0.15) is 0 Å². The number of anilines is 1. The molecule has 5 nitrogen and oxygen atoms in total. The topological polar surface area (TPSA) is 62.1 Å². The molecule has 0 unspecified atom stereocenters. The van der Waals surface area contributed by atoms with Gasteiger partial charge in [-0.05, 0) is 40.9 Å². The van der Waals surface area contributed by atoms with Gasteiger partial charge in [0, 0.05) is 0 Å². The van der Waals surface area contributed by atoms with Crippen LogP contribution in [0.2, 0.25) is 0 Å². The minimum atomic E-state index is -0.973. The molecule has 106 valence electrons. The molecule has 1 aliphatic heterocycles. The number of nitrogens with zero attached hydrogens (tertiary/aromatic N) is 2. The van der Waals surface area contributed by atoms with Gasteiger partial charge in [-0.1, -0.05) is 18.2 Å². The molecule has 0 fully saturated rings. The number of nitroso groups, excluding NO2 is 1. The fraction of sp³-hybridized carbons (Fsp3) is 0.143. The van der Waals surface area contributed by atoms with Gasteiger partial charge in [-0.3, -0.25) is 0 Å². The molecular formula is C14H12BFN2O3. The Morgan fingerprint density at radius 2 is 2.05 bits per heavy atom. The fourth-order valence-corrected chi connectivity index (χ4v) is 2.29. The summed E-state index contributed by atoms with van der Waals surface area (Å²) in [4.78, 5) is 11.1. The fourth-order valence-electron chi connectivity index (χ4n) is 2.29. The summed E-state index contributed by atoms with van der Waals surface area (Å²) in [6.45, 7) is 0.572. The maximum atomic E-state index is 12.9. The van der Waals surface area contributed by atoms with Gasteiger partial charge in [0.05, 0.1) is 24.1 Å². The Hall–Kier alpha value is -2.25. The lowest BCUT2D eigenvalue weighted by Gasteiger charge is -2.16. The zero-order valence-corrected chi connectivity index (χ0v) is 11.1. The van der Waals surface area contributed by atoms with Crippen LogP contribution in [-0.4, -0.2) is 12.1 Å². The minimum absolute atomic E-state index is 0.222. The van der Waals surface area contributed by atoms with Gasteiger partial charge in [0.2, 0.25) is 0 Å². The van der Waals surface area contributed by atoms with Crippen molar-refractivity contribution in [3.8, 4) is 0 Å². The minimum Gasteiger partial charge on any atom is -0.423 e. The Balaban J connectivity index is 1.85. The summed E-state index contributed by atoms with van der Waals surface area (Å²) < 4.78 is 18.0. The van der Waals surface area contributed by atoms with Crippen LogP contribution in [0, 0.1) is 10.7 Å². The van der Waals surface area contributed by atoms with Crippen LogP contribution in [0.3, 0.4) is 0 Å². The molecule has 21 heavy (non-hydrogen) atoms. The second-order valence-corrected chi connectivity index (χ2v) is 4.81. The highest BCUT2D eigenvalue weighted by Gasteiger charge is 2.28. The first-order valence-corrected chi connectivity index (χ1v) is 6.45. The zero-order valence-electron chi connectivity index (χ0n) is 11.1. The van der Waals surface area contributed by atoms with Crippen LogP contribution in [0.25, 0.3) is 0 Å². The first kappa shape index (κ1) is 13.7. The molecule has 0 saturated carbocycles. The summed E-state index contributed by atoms with van der Waals surface area (Å²) in [5.41, 5.74) is 2.84. The van der Waals surface area contributed by atoms with Crippen LogP contribution in [0.4, 0.5) is 10.1 Å². The second-order valence-electron chi connectivity index (χ2n) is 4.81. The van der Waals surface area contributed by atoms with E-state index in [1.807, 2.05) is 0 Å². The summed E-state index contributed by atoms with van der Waals surface area (Å²) >= 11 is 0. The Bertz CT molecular complexity index is 666. The molecule has 2 aromatic carbocycles. The molecule has 1 aliphatic rings. The van der Waals surface area contributed by atoms with E-state index in [9.17, 15) is 14.3 Å². The maximum Gasteiger partial charge on any atom is 0.491 e. The van der Waals surface area contributed by atoms with Gasteiger partial charge in [-0.25, -0.2) is 9.40 Å². The number of rotatable bonds is 4. The lowest BCUT2D eigenvalue weighted by Crippen LogP contribution is -2.29. The molecule has 0 aliphatic carbocycles. The normalized spacial score (nSPS) is 13.1. The highest BCUT2D eigenvalue weighted by molar-refractivity contribution is 6.61. The summed E-state index contributed by atoms with van der Waals surface area (Å²) in [5, 5.41) is 13.9. The van der Waals surface area contributed by atoms with Gasteiger partial charge in [-0.15, -0.1) is 4.91 Å². The third-order valence-corrected chi connectivity index (χ3v) is 3.43. The number of benzene rings is 2. The predicted molar refractivity (Wildman–Crippen MR) is 77.2 cm³/mol. The molecule has 0 amide bonds. The van der Waals surface area contributed by atoms with E-state index >= 15 is 0 Å². The molecule has 0 bridgehead atoms. The molecule has 7 heteroatoms. The van der Waals surface area contributed by atoms with Crippen LogP contribution < -0.4 is 10.5 Å².